The van der Waals surface area contributed by atoms with Gasteiger partial charge >= 0.3 is 0 Å². The van der Waals surface area contributed by atoms with E-state index in [-0.39, 0.29) is 0 Å². The van der Waals surface area contributed by atoms with Gasteiger partial charge in [0.25, 0.3) is 0 Å². The maximum absolute atomic E-state index is 5.34. The van der Waals surface area contributed by atoms with Crippen LogP contribution in [0.3, 0.4) is 0 Å². The molecule has 0 bridgehead atoms. The molecule has 1 aromatic rings. The number of halogens is 1. The zero-order chi connectivity index (χ0) is 9.52. The molecule has 4 heteroatoms. The maximum Gasteiger partial charge on any atom is 0.157 e. The molecule has 0 unspecified atom stereocenters. The number of ether oxygens (including phenoxy) is 1. The van der Waals surface area contributed by atoms with Crippen LogP contribution in [0.5, 0.6) is 5.75 Å². The van der Waals surface area contributed by atoms with Crippen LogP contribution in [-0.2, 0) is 6.54 Å². The third kappa shape index (κ3) is 3.51. The Morgan fingerprint density at radius 2 is 2.54 bits per heavy atom. The van der Waals surface area contributed by atoms with Crippen LogP contribution in [-0.4, -0.2) is 16.4 Å². The molecule has 1 rings (SSSR count). The van der Waals surface area contributed by atoms with Crippen molar-refractivity contribution in [1.82, 2.24) is 9.78 Å². The Kier molecular flexibility index (Phi) is 4.40. The molecule has 0 saturated carbocycles. The highest BCUT2D eigenvalue weighted by Gasteiger charge is 1.96. The topological polar surface area (TPSA) is 27.1 Å². The smallest absolute Gasteiger partial charge is 0.157 e. The van der Waals surface area contributed by atoms with Crippen LogP contribution in [0.4, 0.5) is 0 Å². The van der Waals surface area contributed by atoms with Gasteiger partial charge in [-0.1, -0.05) is 18.5 Å². The molecule has 1 heterocycles. The van der Waals surface area contributed by atoms with Crippen LogP contribution < -0.4 is 4.74 Å². The first kappa shape index (κ1) is 10.1. The highest BCUT2D eigenvalue weighted by atomic mass is 35.5. The van der Waals surface area contributed by atoms with Crippen molar-refractivity contribution in [2.75, 3.05) is 6.61 Å². The lowest BCUT2D eigenvalue weighted by Gasteiger charge is -1.97. The zero-order valence-electron chi connectivity index (χ0n) is 7.61. The molecule has 0 spiro atoms. The minimum atomic E-state index is 0.487. The van der Waals surface area contributed by atoms with Crippen LogP contribution in [0.25, 0.3) is 0 Å². The Balaban J connectivity index is 2.39. The van der Waals surface area contributed by atoms with Crippen LogP contribution >= 0.6 is 11.6 Å². The van der Waals surface area contributed by atoms with Gasteiger partial charge in [-0.05, 0) is 12.5 Å². The van der Waals surface area contributed by atoms with E-state index in [9.17, 15) is 0 Å². The van der Waals surface area contributed by atoms with Crippen molar-refractivity contribution in [3.8, 4) is 5.75 Å². The fourth-order valence-electron chi connectivity index (χ4n) is 0.951. The molecule has 0 fully saturated rings. The van der Waals surface area contributed by atoms with Gasteiger partial charge in [-0.15, -0.1) is 0 Å². The number of aryl methyl sites for hydroxylation is 1. The predicted molar refractivity (Wildman–Crippen MR) is 53.0 cm³/mol. The minimum absolute atomic E-state index is 0.487. The molecule has 0 atom stereocenters. The fourth-order valence-corrected chi connectivity index (χ4v) is 1.02. The summed E-state index contributed by atoms with van der Waals surface area (Å²) in [7, 11) is 0. The van der Waals surface area contributed by atoms with Crippen molar-refractivity contribution in [1.29, 1.82) is 0 Å². The van der Waals surface area contributed by atoms with Gasteiger partial charge in [0.1, 0.15) is 6.61 Å². The average Bonchev–Trinajstić information content (AvgIpc) is 2.54. The highest BCUT2D eigenvalue weighted by Crippen LogP contribution is 2.08. The van der Waals surface area contributed by atoms with Crippen molar-refractivity contribution in [3.63, 3.8) is 0 Å². The van der Waals surface area contributed by atoms with E-state index >= 15 is 0 Å². The standard InChI is InChI=1S/C9H13ClN2O/c1-2-5-12-8-9(7-11-12)13-6-3-4-10/h3-4,7-8H,2,5-6H2,1H3/b4-3+. The summed E-state index contributed by atoms with van der Waals surface area (Å²) in [5.74, 6) is 0.781. The fraction of sp³-hybridized carbons (Fsp3) is 0.444. The van der Waals surface area contributed by atoms with E-state index < -0.39 is 0 Å². The second kappa shape index (κ2) is 5.65. The number of aromatic nitrogens is 2. The molecule has 0 radical (unpaired) electrons. The van der Waals surface area contributed by atoms with Gasteiger partial charge in [-0.2, -0.15) is 5.10 Å². The number of hydrogen-bond donors (Lipinski definition) is 0. The first-order valence-corrected chi connectivity index (χ1v) is 4.71. The summed E-state index contributed by atoms with van der Waals surface area (Å²) in [4.78, 5) is 0. The summed E-state index contributed by atoms with van der Waals surface area (Å²) < 4.78 is 7.18. The third-order valence-corrected chi connectivity index (χ3v) is 1.68. The number of hydrogen-bond acceptors (Lipinski definition) is 2. The predicted octanol–water partition coefficient (Wildman–Crippen LogP) is 2.42. The molecule has 1 aromatic heterocycles. The van der Waals surface area contributed by atoms with Gasteiger partial charge in [0.2, 0.25) is 0 Å². The van der Waals surface area contributed by atoms with E-state index in [1.807, 2.05) is 10.9 Å². The van der Waals surface area contributed by atoms with Crippen LogP contribution in [0.1, 0.15) is 13.3 Å². The molecule has 0 N–H and O–H groups in total. The van der Waals surface area contributed by atoms with Gasteiger partial charge < -0.3 is 4.74 Å². The number of nitrogens with zero attached hydrogens (tertiary/aromatic N) is 2. The van der Waals surface area contributed by atoms with Gasteiger partial charge in [0.05, 0.1) is 12.4 Å². The van der Waals surface area contributed by atoms with Gasteiger partial charge in [0.15, 0.2) is 5.75 Å². The maximum atomic E-state index is 5.34. The molecule has 0 aromatic carbocycles. The third-order valence-electron chi connectivity index (χ3n) is 1.50. The summed E-state index contributed by atoms with van der Waals surface area (Å²) in [6.07, 6.45) is 6.39. The molecule has 3 nitrogen and oxygen atoms in total. The first-order valence-electron chi connectivity index (χ1n) is 4.27. The Morgan fingerprint density at radius 3 is 3.23 bits per heavy atom. The van der Waals surface area contributed by atoms with E-state index in [1.165, 1.54) is 5.54 Å². The summed E-state index contributed by atoms with van der Waals surface area (Å²) in [5, 5.41) is 4.12. The normalized spacial score (nSPS) is 10.9. The minimum Gasteiger partial charge on any atom is -0.486 e. The first-order chi connectivity index (χ1) is 6.36. The lowest BCUT2D eigenvalue weighted by atomic mass is 10.5. The molecule has 0 aliphatic carbocycles. The van der Waals surface area contributed by atoms with Gasteiger partial charge in [-0.25, -0.2) is 0 Å². The van der Waals surface area contributed by atoms with Crippen LogP contribution in [0.2, 0.25) is 0 Å². The zero-order valence-corrected chi connectivity index (χ0v) is 8.37. The van der Waals surface area contributed by atoms with Crippen LogP contribution in [0.15, 0.2) is 24.0 Å². The summed E-state index contributed by atoms with van der Waals surface area (Å²) in [5.41, 5.74) is 1.44. The van der Waals surface area contributed by atoms with E-state index in [1.54, 1.807) is 12.3 Å². The molecule has 0 saturated heterocycles. The van der Waals surface area contributed by atoms with E-state index in [4.69, 9.17) is 16.3 Å². The Labute approximate surface area is 83.0 Å². The molecule has 0 amide bonds. The quantitative estimate of drug-likeness (QED) is 0.730. The Bertz CT molecular complexity index is 270. The summed E-state index contributed by atoms with van der Waals surface area (Å²) in [6, 6.07) is 0. The molecule has 13 heavy (non-hydrogen) atoms. The van der Waals surface area contributed by atoms with E-state index in [2.05, 4.69) is 12.0 Å². The second-order valence-corrected chi connectivity index (χ2v) is 2.86. The lowest BCUT2D eigenvalue weighted by molar-refractivity contribution is 0.362. The summed E-state index contributed by atoms with van der Waals surface area (Å²) >= 11 is 5.34. The van der Waals surface area contributed by atoms with Crippen molar-refractivity contribution in [2.24, 2.45) is 0 Å². The van der Waals surface area contributed by atoms with Crippen molar-refractivity contribution >= 4 is 11.6 Å². The van der Waals surface area contributed by atoms with E-state index in [0.717, 1.165) is 18.7 Å². The molecular weight excluding hydrogens is 188 g/mol. The van der Waals surface area contributed by atoms with Gasteiger partial charge in [-0.3, -0.25) is 4.68 Å². The molecule has 0 aliphatic rings. The largest absolute Gasteiger partial charge is 0.486 e. The van der Waals surface area contributed by atoms with Gasteiger partial charge in [0, 0.05) is 12.1 Å². The monoisotopic (exact) mass is 200 g/mol. The highest BCUT2D eigenvalue weighted by molar-refractivity contribution is 6.25. The lowest BCUT2D eigenvalue weighted by Crippen LogP contribution is -1.96. The van der Waals surface area contributed by atoms with Crippen molar-refractivity contribution in [2.45, 2.75) is 19.9 Å². The molecule has 0 aliphatic heterocycles. The second-order valence-electron chi connectivity index (χ2n) is 2.61. The molecular formula is C9H13ClN2O. The van der Waals surface area contributed by atoms with Crippen molar-refractivity contribution in [3.05, 3.63) is 24.0 Å². The molecule has 72 valence electrons. The van der Waals surface area contributed by atoms with Crippen LogP contribution in [0, 0.1) is 0 Å². The van der Waals surface area contributed by atoms with Crippen molar-refractivity contribution < 1.29 is 4.74 Å². The number of rotatable bonds is 5. The summed E-state index contributed by atoms with van der Waals surface area (Å²) in [6.45, 7) is 3.52. The van der Waals surface area contributed by atoms with E-state index in [0.29, 0.717) is 6.61 Å². The SMILES string of the molecule is CCCn1cc(OC/C=C/Cl)cn1. The Hall–Kier alpha value is -0.960. The average molecular weight is 201 g/mol. The Morgan fingerprint density at radius 1 is 1.69 bits per heavy atom.